The number of nitrogens with zero attached hydrogens (tertiary/aromatic N) is 3. The second-order valence-electron chi connectivity index (χ2n) is 6.58. The lowest BCUT2D eigenvalue weighted by atomic mass is 9.91. The maximum atomic E-state index is 11.7. The summed E-state index contributed by atoms with van der Waals surface area (Å²) in [5.41, 5.74) is 9.30. The zero-order valence-corrected chi connectivity index (χ0v) is 16.1. The Morgan fingerprint density at radius 3 is 2.54 bits per heavy atom. The number of rotatable bonds is 6. The highest BCUT2D eigenvalue weighted by atomic mass is 35.5. The molecule has 0 radical (unpaired) electrons. The van der Waals surface area contributed by atoms with Crippen LogP contribution in [0.3, 0.4) is 0 Å². The molecule has 6 nitrogen and oxygen atoms in total. The van der Waals surface area contributed by atoms with Crippen molar-refractivity contribution in [1.82, 2.24) is 14.7 Å². The minimum Gasteiger partial charge on any atom is -0.465 e. The van der Waals surface area contributed by atoms with E-state index in [1.807, 2.05) is 20.8 Å². The fourth-order valence-electron chi connectivity index (χ4n) is 3.31. The number of ether oxygens (including phenoxy) is 1. The summed E-state index contributed by atoms with van der Waals surface area (Å²) >= 11 is 0. The number of hydrogen-bond donors (Lipinski definition) is 1. The van der Waals surface area contributed by atoms with Gasteiger partial charge in [0.2, 0.25) is 0 Å². The molecule has 1 aromatic heterocycles. The number of aromatic nitrogens is 2. The van der Waals surface area contributed by atoms with Gasteiger partial charge in [0.1, 0.15) is 6.54 Å². The first kappa shape index (κ1) is 20.9. The van der Waals surface area contributed by atoms with Gasteiger partial charge in [-0.3, -0.25) is 14.4 Å². The average Bonchev–Trinajstić information content (AvgIpc) is 2.75. The summed E-state index contributed by atoms with van der Waals surface area (Å²) in [5, 5.41) is 4.51. The fourth-order valence-corrected chi connectivity index (χ4v) is 3.31. The molecular weight excluding hydrogens is 328 g/mol. The van der Waals surface area contributed by atoms with Gasteiger partial charge >= 0.3 is 5.97 Å². The number of carbonyl (C=O) groups is 1. The van der Waals surface area contributed by atoms with E-state index in [0.717, 1.165) is 43.9 Å². The van der Waals surface area contributed by atoms with Crippen LogP contribution in [0.1, 0.15) is 43.6 Å². The van der Waals surface area contributed by atoms with Gasteiger partial charge in [0.15, 0.2) is 0 Å². The highest BCUT2D eigenvalue weighted by molar-refractivity contribution is 5.85. The first-order chi connectivity index (χ1) is 10.9. The summed E-state index contributed by atoms with van der Waals surface area (Å²) in [6, 6.07) is 0.285. The number of halogens is 1. The summed E-state index contributed by atoms with van der Waals surface area (Å²) in [5.74, 6) is 0.405. The van der Waals surface area contributed by atoms with Gasteiger partial charge in [-0.25, -0.2) is 0 Å². The quantitative estimate of drug-likeness (QED) is 0.788. The van der Waals surface area contributed by atoms with E-state index in [-0.39, 0.29) is 31.0 Å². The average molecular weight is 359 g/mol. The molecule has 7 heteroatoms. The van der Waals surface area contributed by atoms with Crippen molar-refractivity contribution in [1.29, 1.82) is 0 Å². The number of nitrogens with two attached hydrogens (primary N) is 1. The molecule has 2 rings (SSSR count). The molecule has 0 spiro atoms. The molecule has 1 aliphatic rings. The van der Waals surface area contributed by atoms with Crippen molar-refractivity contribution in [3.05, 3.63) is 17.0 Å². The predicted molar refractivity (Wildman–Crippen MR) is 97.2 cm³/mol. The number of carbonyl (C=O) groups excluding carboxylic acids is 1. The van der Waals surface area contributed by atoms with Gasteiger partial charge in [-0.15, -0.1) is 12.4 Å². The van der Waals surface area contributed by atoms with Crippen LogP contribution in [0.5, 0.6) is 0 Å². The highest BCUT2D eigenvalue weighted by Crippen LogP contribution is 2.23. The van der Waals surface area contributed by atoms with Crippen molar-refractivity contribution in [3.8, 4) is 0 Å². The molecule has 2 heterocycles. The van der Waals surface area contributed by atoms with E-state index >= 15 is 0 Å². The van der Waals surface area contributed by atoms with Crippen LogP contribution in [0.25, 0.3) is 0 Å². The van der Waals surface area contributed by atoms with Crippen LogP contribution in [0, 0.1) is 19.8 Å². The molecule has 0 aromatic carbocycles. The number of likely N-dealkylation sites (tertiary alicyclic amines) is 1. The summed E-state index contributed by atoms with van der Waals surface area (Å²) in [6.07, 6.45) is 2.32. The van der Waals surface area contributed by atoms with Crippen LogP contribution in [-0.4, -0.2) is 46.4 Å². The molecular formula is C17H31ClN4O2. The number of esters is 1. The van der Waals surface area contributed by atoms with Crippen molar-refractivity contribution >= 4 is 18.4 Å². The molecule has 0 bridgehead atoms. The Morgan fingerprint density at radius 1 is 1.38 bits per heavy atom. The standard InChI is InChI=1S/C17H30N4O2.ClH/c1-5-23-17(22)11-21-14(4)16(13(3)19-21)10-20-8-6-15(7-9-20)12(2)18;/h12,15H,5-11,18H2,1-4H3;1H. The van der Waals surface area contributed by atoms with Crippen molar-refractivity contribution < 1.29 is 9.53 Å². The monoisotopic (exact) mass is 358 g/mol. The van der Waals surface area contributed by atoms with Crippen LogP contribution in [0.15, 0.2) is 0 Å². The molecule has 1 atom stereocenters. The lowest BCUT2D eigenvalue weighted by molar-refractivity contribution is -0.144. The van der Waals surface area contributed by atoms with E-state index in [2.05, 4.69) is 16.9 Å². The normalized spacial score (nSPS) is 17.4. The lowest BCUT2D eigenvalue weighted by Gasteiger charge is -2.33. The number of piperidine rings is 1. The molecule has 0 aliphatic carbocycles. The van der Waals surface area contributed by atoms with E-state index in [4.69, 9.17) is 10.5 Å². The Labute approximate surface area is 151 Å². The third-order valence-corrected chi connectivity index (χ3v) is 4.87. The maximum absolute atomic E-state index is 11.7. The molecule has 1 unspecified atom stereocenters. The second-order valence-corrected chi connectivity index (χ2v) is 6.58. The van der Waals surface area contributed by atoms with E-state index in [1.165, 1.54) is 5.56 Å². The molecule has 1 saturated heterocycles. The van der Waals surface area contributed by atoms with Crippen LogP contribution in [-0.2, 0) is 22.6 Å². The maximum Gasteiger partial charge on any atom is 0.327 e. The van der Waals surface area contributed by atoms with E-state index in [9.17, 15) is 4.79 Å². The van der Waals surface area contributed by atoms with Crippen LogP contribution in [0.4, 0.5) is 0 Å². The van der Waals surface area contributed by atoms with Gasteiger partial charge in [0.25, 0.3) is 0 Å². The molecule has 138 valence electrons. The Morgan fingerprint density at radius 2 is 2.00 bits per heavy atom. The van der Waals surface area contributed by atoms with Crippen molar-refractivity contribution in [3.63, 3.8) is 0 Å². The Bertz CT molecular complexity index is 537. The summed E-state index contributed by atoms with van der Waals surface area (Å²) in [4.78, 5) is 14.1. The zero-order valence-electron chi connectivity index (χ0n) is 15.2. The molecule has 1 fully saturated rings. The van der Waals surface area contributed by atoms with Crippen molar-refractivity contribution in [2.45, 2.75) is 59.7 Å². The fraction of sp³-hybridized carbons (Fsp3) is 0.765. The van der Waals surface area contributed by atoms with Crippen molar-refractivity contribution in [2.75, 3.05) is 19.7 Å². The molecule has 24 heavy (non-hydrogen) atoms. The summed E-state index contributed by atoms with van der Waals surface area (Å²) in [7, 11) is 0. The third kappa shape index (κ3) is 5.19. The van der Waals surface area contributed by atoms with Crippen LogP contribution in [0.2, 0.25) is 0 Å². The smallest absolute Gasteiger partial charge is 0.327 e. The van der Waals surface area contributed by atoms with Gasteiger partial charge in [-0.2, -0.15) is 5.10 Å². The highest BCUT2D eigenvalue weighted by Gasteiger charge is 2.23. The summed E-state index contributed by atoms with van der Waals surface area (Å²) in [6.45, 7) is 11.6. The molecule has 0 amide bonds. The largest absolute Gasteiger partial charge is 0.465 e. The lowest BCUT2D eigenvalue weighted by Crippen LogP contribution is -2.39. The molecule has 2 N–H and O–H groups in total. The van der Waals surface area contributed by atoms with Gasteiger partial charge in [-0.1, -0.05) is 0 Å². The van der Waals surface area contributed by atoms with E-state index in [0.29, 0.717) is 12.5 Å². The third-order valence-electron chi connectivity index (χ3n) is 4.87. The Kier molecular flexibility index (Phi) is 8.19. The Balaban J connectivity index is 0.00000288. The predicted octanol–water partition coefficient (Wildman–Crippen LogP) is 2.04. The number of aryl methyl sites for hydroxylation is 1. The summed E-state index contributed by atoms with van der Waals surface area (Å²) < 4.78 is 6.77. The molecule has 0 saturated carbocycles. The van der Waals surface area contributed by atoms with Gasteiger partial charge < -0.3 is 10.5 Å². The van der Waals surface area contributed by atoms with Crippen LogP contribution >= 0.6 is 12.4 Å². The molecule has 1 aliphatic heterocycles. The second kappa shape index (κ2) is 9.39. The first-order valence-corrected chi connectivity index (χ1v) is 8.58. The minimum atomic E-state index is -0.234. The van der Waals surface area contributed by atoms with E-state index in [1.54, 1.807) is 4.68 Å². The zero-order chi connectivity index (χ0) is 17.0. The first-order valence-electron chi connectivity index (χ1n) is 8.58. The van der Waals surface area contributed by atoms with Crippen molar-refractivity contribution in [2.24, 2.45) is 11.7 Å². The minimum absolute atomic E-state index is 0. The topological polar surface area (TPSA) is 73.4 Å². The van der Waals surface area contributed by atoms with Crippen LogP contribution < -0.4 is 5.73 Å². The SMILES string of the molecule is CCOC(=O)Cn1nc(C)c(CN2CCC(C(C)N)CC2)c1C.Cl. The molecule has 1 aromatic rings. The Hall–Kier alpha value is -1.11. The van der Waals surface area contributed by atoms with Gasteiger partial charge in [0, 0.05) is 23.8 Å². The number of hydrogen-bond acceptors (Lipinski definition) is 5. The van der Waals surface area contributed by atoms with Gasteiger partial charge in [0.05, 0.1) is 12.3 Å². The van der Waals surface area contributed by atoms with Gasteiger partial charge in [-0.05, 0) is 59.5 Å². The van der Waals surface area contributed by atoms with E-state index < -0.39 is 0 Å².